The maximum Gasteiger partial charge on any atom is 0.330 e. The second-order valence-corrected chi connectivity index (χ2v) is 9.62. The summed E-state index contributed by atoms with van der Waals surface area (Å²) in [4.78, 5) is 0. The summed E-state index contributed by atoms with van der Waals surface area (Å²) in [7, 11) is 3.45. The Bertz CT molecular complexity index is 313. The summed E-state index contributed by atoms with van der Waals surface area (Å²) in [6.07, 6.45) is 4.55. The minimum absolute atomic E-state index is 0.0121. The molecule has 2 unspecified atom stereocenters. The van der Waals surface area contributed by atoms with Gasteiger partial charge in [-0.05, 0) is 18.8 Å². The van der Waals surface area contributed by atoms with Gasteiger partial charge in [-0.2, -0.15) is 0 Å². The summed E-state index contributed by atoms with van der Waals surface area (Å²) in [5.74, 6) is 0.520. The molecular weight excluding hydrogens is 285 g/mol. The lowest BCUT2D eigenvalue weighted by atomic mass is 10.1. The molecule has 0 aliphatic carbocycles. The summed E-state index contributed by atoms with van der Waals surface area (Å²) in [6, 6.07) is 0. The zero-order valence-electron chi connectivity index (χ0n) is 15.2. The lowest BCUT2D eigenvalue weighted by Gasteiger charge is -2.32. The van der Waals surface area contributed by atoms with Gasteiger partial charge in [0.1, 0.15) is 12.6 Å². The highest BCUT2D eigenvalue weighted by molar-refractivity contribution is 7.53. The molecule has 0 spiro atoms. The van der Waals surface area contributed by atoms with Gasteiger partial charge in [0.25, 0.3) is 0 Å². The van der Waals surface area contributed by atoms with Gasteiger partial charge in [0.15, 0.2) is 0 Å². The van der Waals surface area contributed by atoms with Crippen molar-refractivity contribution >= 4 is 7.60 Å². The van der Waals surface area contributed by atoms with Gasteiger partial charge >= 0.3 is 7.60 Å². The monoisotopic (exact) mass is 322 g/mol. The van der Waals surface area contributed by atoms with Gasteiger partial charge in [-0.3, -0.25) is 9.09 Å². The van der Waals surface area contributed by atoms with Gasteiger partial charge in [-0.15, -0.1) is 0 Å². The highest BCUT2D eigenvalue weighted by atomic mass is 31.2. The lowest BCUT2D eigenvalue weighted by molar-refractivity contribution is -0.873. The average Bonchev–Trinajstić information content (AvgIpc) is 2.31. The molecule has 0 rings (SSSR count). The molecule has 0 aromatic heterocycles. The molecule has 128 valence electrons. The Kier molecular flexibility index (Phi) is 10.0. The van der Waals surface area contributed by atoms with E-state index in [1.54, 1.807) is 0 Å². The van der Waals surface area contributed by atoms with Crippen LogP contribution in [0, 0.1) is 5.92 Å². The van der Waals surface area contributed by atoms with E-state index in [1.165, 1.54) is 0 Å². The van der Waals surface area contributed by atoms with Crippen molar-refractivity contribution in [2.75, 3.05) is 40.5 Å². The number of nitrogens with zero attached hydrogens (tertiary/aromatic N) is 1. The van der Waals surface area contributed by atoms with E-state index in [0.29, 0.717) is 18.7 Å². The fourth-order valence-corrected chi connectivity index (χ4v) is 3.67. The Morgan fingerprint density at radius 1 is 1.10 bits per heavy atom. The molecule has 0 bridgehead atoms. The molecule has 0 saturated carbocycles. The topological polar surface area (TPSA) is 35.5 Å². The first-order valence-corrected chi connectivity index (χ1v) is 10.1. The van der Waals surface area contributed by atoms with Gasteiger partial charge in [-0.25, -0.2) is 0 Å². The van der Waals surface area contributed by atoms with E-state index in [0.717, 1.165) is 36.7 Å². The predicted molar refractivity (Wildman–Crippen MR) is 90.9 cm³/mol. The zero-order chi connectivity index (χ0) is 16.5. The van der Waals surface area contributed by atoms with Crippen molar-refractivity contribution in [3.05, 3.63) is 0 Å². The van der Waals surface area contributed by atoms with E-state index in [-0.39, 0.29) is 6.10 Å². The number of quaternary nitrogens is 1. The van der Waals surface area contributed by atoms with Gasteiger partial charge in [-0.1, -0.05) is 40.5 Å². The smallest absolute Gasteiger partial charge is 0.329 e. The highest BCUT2D eigenvalue weighted by Crippen LogP contribution is 2.49. The Labute approximate surface area is 132 Å². The maximum atomic E-state index is 12.8. The first-order chi connectivity index (χ1) is 9.62. The molecule has 0 heterocycles. The van der Waals surface area contributed by atoms with Gasteiger partial charge in [0, 0.05) is 6.16 Å². The number of hydrogen-bond donors (Lipinski definition) is 0. The van der Waals surface area contributed by atoms with Crippen LogP contribution in [0.5, 0.6) is 0 Å². The maximum absolute atomic E-state index is 12.8. The molecule has 0 saturated heterocycles. The van der Waals surface area contributed by atoms with E-state index in [9.17, 15) is 4.57 Å². The zero-order valence-corrected chi connectivity index (χ0v) is 16.1. The minimum Gasteiger partial charge on any atom is -0.329 e. The second-order valence-electron chi connectivity index (χ2n) is 7.30. The Hall–Kier alpha value is 0.110. The molecule has 0 aliphatic heterocycles. The average molecular weight is 322 g/mol. The second kappa shape index (κ2) is 9.99. The minimum atomic E-state index is -2.95. The molecule has 0 aromatic rings. The molecule has 4 nitrogen and oxygen atoms in total. The first kappa shape index (κ1) is 21.1. The van der Waals surface area contributed by atoms with Crippen molar-refractivity contribution in [2.24, 2.45) is 5.92 Å². The van der Waals surface area contributed by atoms with E-state index < -0.39 is 7.60 Å². The van der Waals surface area contributed by atoms with Crippen LogP contribution in [-0.2, 0) is 13.6 Å². The molecule has 5 heteroatoms. The standard InChI is InChI=1S/C16H37NO3P/c1-8-10-11-12-19-21(18,9-2)20-16(13-15(3)4)14-17(5,6)7/h15-16H,8-14H2,1-7H3/q+1. The van der Waals surface area contributed by atoms with Crippen LogP contribution in [-0.4, -0.2) is 51.0 Å². The molecule has 0 N–H and O–H groups in total. The van der Waals surface area contributed by atoms with Crippen LogP contribution >= 0.6 is 7.60 Å². The normalized spacial score (nSPS) is 17.0. The van der Waals surface area contributed by atoms with Crippen molar-refractivity contribution < 1.29 is 18.1 Å². The predicted octanol–water partition coefficient (Wildman–Crippen LogP) is 4.54. The van der Waals surface area contributed by atoms with E-state index in [2.05, 4.69) is 41.9 Å². The number of hydrogen-bond acceptors (Lipinski definition) is 3. The van der Waals surface area contributed by atoms with Crippen LogP contribution in [0.25, 0.3) is 0 Å². The molecule has 0 aliphatic rings. The Morgan fingerprint density at radius 3 is 2.14 bits per heavy atom. The molecule has 0 amide bonds. The van der Waals surface area contributed by atoms with Crippen LogP contribution in [0.2, 0.25) is 0 Å². The summed E-state index contributed by atoms with van der Waals surface area (Å²) >= 11 is 0. The number of unbranched alkanes of at least 4 members (excludes halogenated alkanes) is 2. The third kappa shape index (κ3) is 11.3. The van der Waals surface area contributed by atoms with Crippen LogP contribution in [0.15, 0.2) is 0 Å². The highest BCUT2D eigenvalue weighted by Gasteiger charge is 2.30. The fraction of sp³-hybridized carbons (Fsp3) is 1.00. The SMILES string of the molecule is CCCCCOP(=O)(CC)OC(CC(C)C)C[N+](C)(C)C. The lowest BCUT2D eigenvalue weighted by Crippen LogP contribution is -2.42. The quantitative estimate of drug-likeness (QED) is 0.300. The largest absolute Gasteiger partial charge is 0.330 e. The Balaban J connectivity index is 4.62. The van der Waals surface area contributed by atoms with Crippen molar-refractivity contribution in [3.8, 4) is 0 Å². The molecule has 0 aromatic carbocycles. The van der Waals surface area contributed by atoms with Crippen LogP contribution in [0.4, 0.5) is 0 Å². The third-order valence-corrected chi connectivity index (χ3v) is 5.19. The third-order valence-electron chi connectivity index (χ3n) is 3.22. The molecule has 21 heavy (non-hydrogen) atoms. The molecule has 0 radical (unpaired) electrons. The summed E-state index contributed by atoms with van der Waals surface area (Å²) in [5, 5.41) is 0. The van der Waals surface area contributed by atoms with E-state index >= 15 is 0 Å². The van der Waals surface area contributed by atoms with Crippen LogP contribution in [0.1, 0.15) is 53.4 Å². The van der Waals surface area contributed by atoms with E-state index in [4.69, 9.17) is 9.05 Å². The van der Waals surface area contributed by atoms with Gasteiger partial charge in [0.2, 0.25) is 0 Å². The van der Waals surface area contributed by atoms with Gasteiger partial charge < -0.3 is 9.01 Å². The van der Waals surface area contributed by atoms with Gasteiger partial charge in [0.05, 0.1) is 27.7 Å². The molecule has 0 fully saturated rings. The summed E-state index contributed by atoms with van der Waals surface area (Å²) in [5.41, 5.74) is 0. The molecular formula is C16H37NO3P+. The fourth-order valence-electron chi connectivity index (χ4n) is 2.27. The van der Waals surface area contributed by atoms with Crippen LogP contribution < -0.4 is 0 Å². The van der Waals surface area contributed by atoms with Crippen LogP contribution in [0.3, 0.4) is 0 Å². The van der Waals surface area contributed by atoms with Crippen molar-refractivity contribution in [1.82, 2.24) is 0 Å². The number of likely N-dealkylation sites (N-methyl/N-ethyl adjacent to an activating group) is 1. The number of rotatable bonds is 12. The van der Waals surface area contributed by atoms with Crippen molar-refractivity contribution in [2.45, 2.75) is 59.5 Å². The van der Waals surface area contributed by atoms with E-state index in [1.807, 2.05) is 6.92 Å². The summed E-state index contributed by atoms with van der Waals surface area (Å²) < 4.78 is 25.2. The molecule has 2 atom stereocenters. The van der Waals surface area contributed by atoms with Crippen molar-refractivity contribution in [1.29, 1.82) is 0 Å². The first-order valence-electron chi connectivity index (χ1n) is 8.34. The van der Waals surface area contributed by atoms with Crippen molar-refractivity contribution in [3.63, 3.8) is 0 Å². The summed E-state index contributed by atoms with van der Waals surface area (Å²) in [6.45, 7) is 9.77. The Morgan fingerprint density at radius 2 is 1.71 bits per heavy atom.